The zero-order chi connectivity index (χ0) is 7.28. The highest BCUT2D eigenvalue weighted by molar-refractivity contribution is 7.85. The van der Waals surface area contributed by atoms with Crippen molar-refractivity contribution in [2.45, 2.75) is 25.5 Å². The lowest BCUT2D eigenvalue weighted by atomic mass is 10.4. The minimum Gasteiger partial charge on any atom is -0.330 e. The third kappa shape index (κ3) is 3.65. The third-order valence-electron chi connectivity index (χ3n) is 1.34. The largest absolute Gasteiger partial charge is 0.330 e. The Hall–Kier alpha value is 0.110. The van der Waals surface area contributed by atoms with Gasteiger partial charge in [-0.1, -0.05) is 13.8 Å². The highest BCUT2D eigenvalue weighted by atomic mass is 32.2. The van der Waals surface area contributed by atoms with Crippen molar-refractivity contribution in [1.82, 2.24) is 0 Å². The zero-order valence-electron chi connectivity index (χ0n) is 6.09. The fraction of sp³-hybridized carbons (Fsp3) is 1.00. The van der Waals surface area contributed by atoms with E-state index in [0.29, 0.717) is 17.5 Å². The average Bonchev–Trinajstić information content (AvgIpc) is 1.87. The fourth-order valence-corrected chi connectivity index (χ4v) is 1.51. The summed E-state index contributed by atoms with van der Waals surface area (Å²) in [7, 11) is -0.690. The topological polar surface area (TPSA) is 43.1 Å². The van der Waals surface area contributed by atoms with Crippen LogP contribution in [0, 0.1) is 0 Å². The summed E-state index contributed by atoms with van der Waals surface area (Å²) in [4.78, 5) is 0. The van der Waals surface area contributed by atoms with Gasteiger partial charge in [-0.25, -0.2) is 0 Å². The van der Waals surface area contributed by atoms with E-state index in [9.17, 15) is 4.21 Å². The highest BCUT2D eigenvalue weighted by Crippen LogP contribution is 1.98. The fourth-order valence-electron chi connectivity index (χ4n) is 0.503. The van der Waals surface area contributed by atoms with E-state index >= 15 is 0 Å². The van der Waals surface area contributed by atoms with Crippen molar-refractivity contribution in [2.24, 2.45) is 5.73 Å². The van der Waals surface area contributed by atoms with Gasteiger partial charge in [-0.2, -0.15) is 0 Å². The van der Waals surface area contributed by atoms with E-state index in [1.807, 2.05) is 13.8 Å². The van der Waals surface area contributed by atoms with Crippen LogP contribution in [0.2, 0.25) is 0 Å². The standard InChI is InChI=1S/C6H15NOS/c1-3-6(2)9(8)5-4-7/h6H,3-5,7H2,1-2H3. The van der Waals surface area contributed by atoms with E-state index in [-0.39, 0.29) is 0 Å². The maximum absolute atomic E-state index is 11.0. The molecule has 56 valence electrons. The van der Waals surface area contributed by atoms with Gasteiger partial charge in [-0.3, -0.25) is 4.21 Å². The molecule has 0 saturated heterocycles. The van der Waals surface area contributed by atoms with Crippen LogP contribution in [0.3, 0.4) is 0 Å². The van der Waals surface area contributed by atoms with Crippen LogP contribution in [0.1, 0.15) is 20.3 Å². The van der Waals surface area contributed by atoms with E-state index in [0.717, 1.165) is 6.42 Å². The molecule has 0 amide bonds. The van der Waals surface area contributed by atoms with E-state index in [1.54, 1.807) is 0 Å². The summed E-state index contributed by atoms with van der Waals surface area (Å²) in [5.41, 5.74) is 5.23. The van der Waals surface area contributed by atoms with Crippen molar-refractivity contribution in [3.8, 4) is 0 Å². The Labute approximate surface area is 59.3 Å². The Morgan fingerprint density at radius 3 is 2.56 bits per heavy atom. The van der Waals surface area contributed by atoms with Crippen LogP contribution in [-0.2, 0) is 10.8 Å². The molecule has 3 heteroatoms. The molecule has 0 bridgehead atoms. The molecule has 0 heterocycles. The van der Waals surface area contributed by atoms with E-state index in [2.05, 4.69) is 0 Å². The molecule has 0 aliphatic heterocycles. The van der Waals surface area contributed by atoms with E-state index in [4.69, 9.17) is 5.73 Å². The first-order chi connectivity index (χ1) is 4.22. The van der Waals surface area contributed by atoms with Crippen LogP contribution in [0.15, 0.2) is 0 Å². The first kappa shape index (κ1) is 9.11. The van der Waals surface area contributed by atoms with Crippen LogP contribution in [0.5, 0.6) is 0 Å². The van der Waals surface area contributed by atoms with Gasteiger partial charge in [0.2, 0.25) is 0 Å². The number of hydrogen-bond donors (Lipinski definition) is 1. The van der Waals surface area contributed by atoms with E-state index < -0.39 is 10.8 Å². The SMILES string of the molecule is CCC(C)S(=O)CCN. The molecular formula is C6H15NOS. The molecule has 0 aliphatic carbocycles. The molecule has 2 N–H and O–H groups in total. The Morgan fingerprint density at radius 1 is 1.67 bits per heavy atom. The maximum Gasteiger partial charge on any atom is 0.0360 e. The number of hydrogen-bond acceptors (Lipinski definition) is 2. The van der Waals surface area contributed by atoms with Crippen molar-refractivity contribution in [2.75, 3.05) is 12.3 Å². The molecule has 2 atom stereocenters. The summed E-state index contributed by atoms with van der Waals surface area (Å²) < 4.78 is 11.0. The molecule has 0 aromatic heterocycles. The summed E-state index contributed by atoms with van der Waals surface area (Å²) in [6.07, 6.45) is 0.979. The molecule has 2 unspecified atom stereocenters. The Kier molecular flexibility index (Phi) is 5.00. The van der Waals surface area contributed by atoms with Crippen molar-refractivity contribution < 1.29 is 4.21 Å². The van der Waals surface area contributed by atoms with Gasteiger partial charge in [0.15, 0.2) is 0 Å². The first-order valence-corrected chi connectivity index (χ1v) is 4.67. The summed E-state index contributed by atoms with van der Waals surface area (Å²) in [6.45, 7) is 4.57. The van der Waals surface area contributed by atoms with Crippen molar-refractivity contribution in [3.05, 3.63) is 0 Å². The molecule has 0 spiro atoms. The van der Waals surface area contributed by atoms with Gasteiger partial charge in [0.05, 0.1) is 0 Å². The molecule has 2 nitrogen and oxygen atoms in total. The first-order valence-electron chi connectivity index (χ1n) is 3.29. The second-order valence-electron chi connectivity index (χ2n) is 2.09. The Bertz CT molecular complexity index is 95.1. The van der Waals surface area contributed by atoms with Crippen LogP contribution in [0.25, 0.3) is 0 Å². The minimum absolute atomic E-state index is 0.313. The van der Waals surface area contributed by atoms with Crippen LogP contribution in [-0.4, -0.2) is 21.8 Å². The van der Waals surface area contributed by atoms with Gasteiger partial charge in [-0.15, -0.1) is 0 Å². The normalized spacial score (nSPS) is 17.2. The van der Waals surface area contributed by atoms with Crippen LogP contribution < -0.4 is 5.73 Å². The van der Waals surface area contributed by atoms with Crippen molar-refractivity contribution in [1.29, 1.82) is 0 Å². The average molecular weight is 149 g/mol. The van der Waals surface area contributed by atoms with Gasteiger partial charge in [0.1, 0.15) is 0 Å². The molecule has 0 rings (SSSR count). The highest BCUT2D eigenvalue weighted by Gasteiger charge is 2.05. The monoisotopic (exact) mass is 149 g/mol. The Morgan fingerprint density at radius 2 is 2.22 bits per heavy atom. The lowest BCUT2D eigenvalue weighted by Crippen LogP contribution is -2.18. The smallest absolute Gasteiger partial charge is 0.0360 e. The van der Waals surface area contributed by atoms with Crippen LogP contribution >= 0.6 is 0 Å². The zero-order valence-corrected chi connectivity index (χ0v) is 6.91. The lowest BCUT2D eigenvalue weighted by molar-refractivity contribution is 0.670. The maximum atomic E-state index is 11.0. The van der Waals surface area contributed by atoms with Crippen LogP contribution in [0.4, 0.5) is 0 Å². The summed E-state index contributed by atoms with van der Waals surface area (Å²) in [6, 6.07) is 0. The molecule has 0 radical (unpaired) electrons. The predicted octanol–water partition coefficient (Wildman–Crippen LogP) is 0.492. The number of nitrogens with two attached hydrogens (primary N) is 1. The summed E-state index contributed by atoms with van der Waals surface area (Å²) in [5.74, 6) is 0.648. The van der Waals surface area contributed by atoms with Crippen molar-refractivity contribution >= 4 is 10.8 Å². The quantitative estimate of drug-likeness (QED) is 0.632. The summed E-state index contributed by atoms with van der Waals surface area (Å²) >= 11 is 0. The molecular weight excluding hydrogens is 134 g/mol. The molecule has 0 saturated carbocycles. The lowest BCUT2D eigenvalue weighted by Gasteiger charge is -2.05. The molecule has 0 aromatic rings. The Balaban J connectivity index is 3.46. The van der Waals surface area contributed by atoms with E-state index in [1.165, 1.54) is 0 Å². The second-order valence-corrected chi connectivity index (χ2v) is 4.07. The van der Waals surface area contributed by atoms with Crippen molar-refractivity contribution in [3.63, 3.8) is 0 Å². The molecule has 0 fully saturated rings. The van der Waals surface area contributed by atoms with Gasteiger partial charge >= 0.3 is 0 Å². The summed E-state index contributed by atoms with van der Waals surface area (Å²) in [5, 5.41) is 0.313. The second kappa shape index (κ2) is 4.94. The predicted molar refractivity (Wildman–Crippen MR) is 41.8 cm³/mol. The molecule has 9 heavy (non-hydrogen) atoms. The number of rotatable bonds is 4. The van der Waals surface area contributed by atoms with Gasteiger partial charge < -0.3 is 5.73 Å². The molecule has 0 aromatic carbocycles. The molecule has 0 aliphatic rings. The van der Waals surface area contributed by atoms with Gasteiger partial charge in [0.25, 0.3) is 0 Å². The third-order valence-corrected chi connectivity index (χ3v) is 3.21. The van der Waals surface area contributed by atoms with Gasteiger partial charge in [-0.05, 0) is 6.42 Å². The minimum atomic E-state index is -0.690. The van der Waals surface area contributed by atoms with Gasteiger partial charge in [0, 0.05) is 28.3 Å².